The van der Waals surface area contributed by atoms with Gasteiger partial charge in [-0.3, -0.25) is 24.5 Å². The average molecular weight is 450 g/mol. The molecule has 2 amide bonds. The van der Waals surface area contributed by atoms with Gasteiger partial charge in [-0.2, -0.15) is 0 Å². The number of anilines is 3. The number of pyridine rings is 3. The Balaban J connectivity index is 1.59. The van der Waals surface area contributed by atoms with Gasteiger partial charge < -0.3 is 5.32 Å². The summed E-state index contributed by atoms with van der Waals surface area (Å²) in [5, 5.41) is 2.64. The number of amides is 2. The van der Waals surface area contributed by atoms with Gasteiger partial charge in [0.2, 0.25) is 11.8 Å². The van der Waals surface area contributed by atoms with E-state index in [0.717, 1.165) is 0 Å². The Morgan fingerprint density at radius 1 is 1.03 bits per heavy atom. The number of hydrogen-bond acceptors (Lipinski definition) is 5. The normalized spacial score (nSPS) is 10.7. The minimum absolute atomic E-state index is 0.0850. The first-order chi connectivity index (χ1) is 15.4. The van der Waals surface area contributed by atoms with Crippen LogP contribution in [0.5, 0.6) is 0 Å². The Morgan fingerprint density at radius 2 is 1.88 bits per heavy atom. The van der Waals surface area contributed by atoms with Gasteiger partial charge in [-0.05, 0) is 35.9 Å². The van der Waals surface area contributed by atoms with E-state index in [2.05, 4.69) is 20.3 Å². The van der Waals surface area contributed by atoms with Gasteiger partial charge in [0.05, 0.1) is 34.4 Å². The van der Waals surface area contributed by atoms with Crippen molar-refractivity contribution < 1.29 is 14.0 Å². The van der Waals surface area contributed by atoms with Crippen LogP contribution >= 0.6 is 11.6 Å². The van der Waals surface area contributed by atoms with E-state index in [1.807, 2.05) is 6.07 Å². The third-order valence-electron chi connectivity index (χ3n) is 4.65. The van der Waals surface area contributed by atoms with Gasteiger partial charge in [-0.15, -0.1) is 0 Å². The van der Waals surface area contributed by atoms with Crippen molar-refractivity contribution in [2.75, 3.05) is 10.2 Å². The van der Waals surface area contributed by atoms with Crippen LogP contribution in [0.1, 0.15) is 12.5 Å². The van der Waals surface area contributed by atoms with Gasteiger partial charge in [-0.25, -0.2) is 9.37 Å². The molecule has 0 atom stereocenters. The standard InChI is InChI=1S/C23H17ClFN5O2/c1-14(31)30(17-12-20-19(28-13-17)6-3-8-26-20)21-11-16(7-9-27-21)29-22(32)10-15-4-2-5-18(25)23(15)24/h2-9,11-13H,10H2,1H3,(H,27,29,32). The summed E-state index contributed by atoms with van der Waals surface area (Å²) < 4.78 is 13.6. The van der Waals surface area contributed by atoms with Gasteiger partial charge in [0.1, 0.15) is 11.6 Å². The highest BCUT2D eigenvalue weighted by atomic mass is 35.5. The lowest BCUT2D eigenvalue weighted by atomic mass is 10.1. The van der Waals surface area contributed by atoms with Gasteiger partial charge in [0.15, 0.2) is 0 Å². The number of carbonyl (C=O) groups excluding carboxylic acids is 2. The SMILES string of the molecule is CC(=O)N(c1cnc2cccnc2c1)c1cc(NC(=O)Cc2cccc(F)c2Cl)ccn1. The molecule has 0 bridgehead atoms. The van der Waals surface area contributed by atoms with Crippen LogP contribution in [-0.4, -0.2) is 26.8 Å². The number of carbonyl (C=O) groups is 2. The summed E-state index contributed by atoms with van der Waals surface area (Å²) in [5.41, 5.74) is 2.62. The molecule has 0 spiro atoms. The molecule has 4 rings (SSSR count). The number of nitrogens with zero attached hydrogens (tertiary/aromatic N) is 4. The van der Waals surface area contributed by atoms with E-state index >= 15 is 0 Å². The molecule has 0 saturated carbocycles. The van der Waals surface area contributed by atoms with E-state index in [1.165, 1.54) is 30.2 Å². The van der Waals surface area contributed by atoms with Gasteiger partial charge in [-0.1, -0.05) is 23.7 Å². The summed E-state index contributed by atoms with van der Waals surface area (Å²) in [5.74, 6) is -0.958. The molecule has 3 heterocycles. The summed E-state index contributed by atoms with van der Waals surface area (Å²) in [6, 6.07) is 12.8. The number of aromatic nitrogens is 3. The fourth-order valence-electron chi connectivity index (χ4n) is 3.22. The zero-order chi connectivity index (χ0) is 22.7. The number of rotatable bonds is 5. The van der Waals surface area contributed by atoms with Crippen LogP contribution < -0.4 is 10.2 Å². The van der Waals surface area contributed by atoms with Crippen molar-refractivity contribution in [3.63, 3.8) is 0 Å². The van der Waals surface area contributed by atoms with Crippen molar-refractivity contribution in [3.8, 4) is 0 Å². The maximum Gasteiger partial charge on any atom is 0.229 e. The number of fused-ring (bicyclic) bond motifs is 1. The molecule has 32 heavy (non-hydrogen) atoms. The van der Waals surface area contributed by atoms with Crippen molar-refractivity contribution in [2.24, 2.45) is 0 Å². The van der Waals surface area contributed by atoms with Crippen molar-refractivity contribution in [1.82, 2.24) is 15.0 Å². The first kappa shape index (κ1) is 21.3. The maximum atomic E-state index is 13.6. The van der Waals surface area contributed by atoms with E-state index in [1.54, 1.807) is 42.7 Å². The Morgan fingerprint density at radius 3 is 2.69 bits per heavy atom. The minimum atomic E-state index is -0.584. The molecule has 3 aromatic heterocycles. The molecule has 0 aliphatic carbocycles. The number of nitrogens with one attached hydrogen (secondary N) is 1. The molecule has 7 nitrogen and oxygen atoms in total. The van der Waals surface area contributed by atoms with E-state index in [0.29, 0.717) is 33.8 Å². The summed E-state index contributed by atoms with van der Waals surface area (Å²) in [6.45, 7) is 1.40. The van der Waals surface area contributed by atoms with Crippen LogP contribution in [0.25, 0.3) is 11.0 Å². The van der Waals surface area contributed by atoms with Crippen LogP contribution in [0.15, 0.2) is 67.1 Å². The molecule has 0 saturated heterocycles. The van der Waals surface area contributed by atoms with E-state index in [9.17, 15) is 14.0 Å². The smallest absolute Gasteiger partial charge is 0.229 e. The van der Waals surface area contributed by atoms with Crippen LogP contribution in [0, 0.1) is 5.82 Å². The van der Waals surface area contributed by atoms with Gasteiger partial charge in [0, 0.05) is 31.1 Å². The third-order valence-corrected chi connectivity index (χ3v) is 5.07. The summed E-state index contributed by atoms with van der Waals surface area (Å²) in [4.78, 5) is 39.2. The van der Waals surface area contributed by atoms with Crippen molar-refractivity contribution in [1.29, 1.82) is 0 Å². The Hall–Kier alpha value is -3.91. The fourth-order valence-corrected chi connectivity index (χ4v) is 3.41. The largest absolute Gasteiger partial charge is 0.326 e. The lowest BCUT2D eigenvalue weighted by Crippen LogP contribution is -2.24. The highest BCUT2D eigenvalue weighted by molar-refractivity contribution is 6.31. The fraction of sp³-hybridized carbons (Fsp3) is 0.0870. The van der Waals surface area contributed by atoms with Gasteiger partial charge in [0.25, 0.3) is 0 Å². The molecular formula is C23H17ClFN5O2. The maximum absolute atomic E-state index is 13.6. The third kappa shape index (κ3) is 4.55. The van der Waals surface area contributed by atoms with Crippen LogP contribution in [0.4, 0.5) is 21.6 Å². The summed E-state index contributed by atoms with van der Waals surface area (Å²) >= 11 is 5.93. The predicted molar refractivity (Wildman–Crippen MR) is 120 cm³/mol. The zero-order valence-corrected chi connectivity index (χ0v) is 17.7. The highest BCUT2D eigenvalue weighted by Gasteiger charge is 2.18. The van der Waals surface area contributed by atoms with E-state index in [-0.39, 0.29) is 23.3 Å². The first-order valence-electron chi connectivity index (χ1n) is 9.62. The molecule has 0 fully saturated rings. The molecular weight excluding hydrogens is 433 g/mol. The highest BCUT2D eigenvalue weighted by Crippen LogP contribution is 2.27. The lowest BCUT2D eigenvalue weighted by molar-refractivity contribution is -0.116. The first-order valence-corrected chi connectivity index (χ1v) is 10.0. The second kappa shape index (κ2) is 9.07. The number of hydrogen-bond donors (Lipinski definition) is 1. The van der Waals surface area contributed by atoms with Crippen LogP contribution in [0.2, 0.25) is 5.02 Å². The van der Waals surface area contributed by atoms with Crippen LogP contribution in [-0.2, 0) is 16.0 Å². The zero-order valence-electron chi connectivity index (χ0n) is 16.9. The molecule has 0 radical (unpaired) electrons. The van der Waals surface area contributed by atoms with Crippen LogP contribution in [0.3, 0.4) is 0 Å². The summed E-state index contributed by atoms with van der Waals surface area (Å²) in [6.07, 6.45) is 4.57. The molecule has 160 valence electrons. The predicted octanol–water partition coefficient (Wildman–Crippen LogP) is 4.68. The van der Waals surface area contributed by atoms with Crippen molar-refractivity contribution >= 4 is 51.6 Å². The number of benzene rings is 1. The molecule has 1 N–H and O–H groups in total. The molecule has 0 aliphatic heterocycles. The minimum Gasteiger partial charge on any atom is -0.326 e. The molecule has 1 aromatic carbocycles. The Bertz CT molecular complexity index is 1330. The summed E-state index contributed by atoms with van der Waals surface area (Å²) in [7, 11) is 0. The molecule has 0 unspecified atom stereocenters. The number of halogens is 2. The topological polar surface area (TPSA) is 88.1 Å². The quantitative estimate of drug-likeness (QED) is 0.477. The molecule has 0 aliphatic rings. The van der Waals surface area contributed by atoms with Gasteiger partial charge >= 0.3 is 0 Å². The van der Waals surface area contributed by atoms with E-state index < -0.39 is 5.82 Å². The Kier molecular flexibility index (Phi) is 6.04. The average Bonchev–Trinajstić information content (AvgIpc) is 2.77. The second-order valence-electron chi connectivity index (χ2n) is 6.93. The molecule has 9 heteroatoms. The second-order valence-corrected chi connectivity index (χ2v) is 7.31. The monoisotopic (exact) mass is 449 g/mol. The molecule has 4 aromatic rings. The van der Waals surface area contributed by atoms with Crippen molar-refractivity contribution in [3.05, 3.63) is 83.5 Å². The lowest BCUT2D eigenvalue weighted by Gasteiger charge is -2.20. The van der Waals surface area contributed by atoms with E-state index in [4.69, 9.17) is 11.6 Å². The van der Waals surface area contributed by atoms with Crippen molar-refractivity contribution in [2.45, 2.75) is 13.3 Å². The Labute approximate surface area is 187 Å².